The van der Waals surface area contributed by atoms with E-state index in [0.29, 0.717) is 0 Å². The summed E-state index contributed by atoms with van der Waals surface area (Å²) < 4.78 is 54.0. The van der Waals surface area contributed by atoms with E-state index in [4.69, 9.17) is 4.55 Å². The Morgan fingerprint density at radius 1 is 1.43 bits per heavy atom. The lowest BCUT2D eigenvalue weighted by Gasteiger charge is -2.00. The van der Waals surface area contributed by atoms with Crippen LogP contribution in [0.1, 0.15) is 0 Å². The van der Waals surface area contributed by atoms with Crippen LogP contribution in [0.25, 0.3) is 0 Å². The molecule has 0 aliphatic rings. The molecule has 78 valence electrons. The Kier molecular flexibility index (Phi) is 3.03. The monoisotopic (exact) mass is 238 g/mol. The Balaban J connectivity index is 3.34. The highest BCUT2D eigenvalue weighted by Gasteiger charge is 2.13. The van der Waals surface area contributed by atoms with E-state index in [1.807, 2.05) is 0 Å². The molecule has 0 radical (unpaired) electrons. The number of hydrogen-bond acceptors (Lipinski definition) is 3. The summed E-state index contributed by atoms with van der Waals surface area (Å²) in [7, 11) is -3.49. The van der Waals surface area contributed by atoms with Crippen molar-refractivity contribution < 1.29 is 21.6 Å². The molecular formula is C7H7FO4S2. The van der Waals surface area contributed by atoms with E-state index in [0.717, 1.165) is 24.5 Å². The topological polar surface area (TPSA) is 71.4 Å². The minimum atomic E-state index is -3.49. The van der Waals surface area contributed by atoms with E-state index >= 15 is 0 Å². The van der Waals surface area contributed by atoms with Gasteiger partial charge < -0.3 is 4.55 Å². The molecule has 4 nitrogen and oxygen atoms in total. The minimum absolute atomic E-state index is 0.218. The second-order valence-corrected chi connectivity index (χ2v) is 5.57. The lowest BCUT2D eigenvalue weighted by molar-refractivity contribution is 0.541. The van der Waals surface area contributed by atoms with E-state index in [-0.39, 0.29) is 4.90 Å². The Bertz CT molecular complexity index is 480. The first kappa shape index (κ1) is 11.3. The van der Waals surface area contributed by atoms with E-state index in [1.165, 1.54) is 0 Å². The van der Waals surface area contributed by atoms with Crippen molar-refractivity contribution in [3.8, 4) is 0 Å². The lowest BCUT2D eigenvalue weighted by Crippen LogP contribution is -2.00. The number of benzene rings is 1. The number of hydrogen-bond donors (Lipinski definition) is 1. The van der Waals surface area contributed by atoms with Crippen molar-refractivity contribution in [1.29, 1.82) is 0 Å². The highest BCUT2D eigenvalue weighted by atomic mass is 32.2. The molecular weight excluding hydrogens is 231 g/mol. The van der Waals surface area contributed by atoms with Crippen LogP contribution in [0.2, 0.25) is 0 Å². The summed E-state index contributed by atoms with van der Waals surface area (Å²) in [5.41, 5.74) is 0. The molecule has 0 aliphatic heterocycles. The molecule has 1 unspecified atom stereocenters. The van der Waals surface area contributed by atoms with Crippen LogP contribution in [-0.2, 0) is 20.9 Å². The van der Waals surface area contributed by atoms with Crippen molar-refractivity contribution in [1.82, 2.24) is 0 Å². The maximum atomic E-state index is 13.0. The standard InChI is InChI=1S/C7H7FO4S2/c1-14(11,12)5-2-3-7(13(9)10)6(8)4-5/h2-4H,1H3,(H,9,10). The molecule has 0 saturated heterocycles. The highest BCUT2D eigenvalue weighted by Crippen LogP contribution is 2.16. The second-order valence-electron chi connectivity index (χ2n) is 2.61. The van der Waals surface area contributed by atoms with Gasteiger partial charge in [-0.2, -0.15) is 0 Å². The molecule has 0 aliphatic carbocycles. The first-order valence-electron chi connectivity index (χ1n) is 3.43. The van der Waals surface area contributed by atoms with Gasteiger partial charge in [-0.15, -0.1) is 0 Å². The van der Waals surface area contributed by atoms with Crippen LogP contribution in [0.3, 0.4) is 0 Å². The molecule has 0 saturated carbocycles. The summed E-state index contributed by atoms with van der Waals surface area (Å²) in [5.74, 6) is -1.01. The molecule has 0 spiro atoms. The quantitative estimate of drug-likeness (QED) is 0.774. The molecule has 1 aromatic rings. The maximum Gasteiger partial charge on any atom is 0.189 e. The minimum Gasteiger partial charge on any atom is -0.302 e. The van der Waals surface area contributed by atoms with Crippen molar-refractivity contribution in [2.24, 2.45) is 0 Å². The third-order valence-corrected chi connectivity index (χ3v) is 3.34. The van der Waals surface area contributed by atoms with Gasteiger partial charge in [-0.05, 0) is 18.2 Å². The number of rotatable bonds is 2. The summed E-state index contributed by atoms with van der Waals surface area (Å²) in [6.45, 7) is 0. The fraction of sp³-hybridized carbons (Fsp3) is 0.143. The van der Waals surface area contributed by atoms with Gasteiger partial charge in [0, 0.05) is 6.26 Å². The Morgan fingerprint density at radius 2 is 2.00 bits per heavy atom. The second kappa shape index (κ2) is 3.76. The van der Waals surface area contributed by atoms with Gasteiger partial charge in [0.25, 0.3) is 0 Å². The SMILES string of the molecule is CS(=O)(=O)c1ccc(S(=O)O)c(F)c1. The van der Waals surface area contributed by atoms with Crippen LogP contribution in [0.15, 0.2) is 28.0 Å². The first-order valence-corrected chi connectivity index (χ1v) is 6.42. The zero-order valence-corrected chi connectivity index (χ0v) is 8.73. The van der Waals surface area contributed by atoms with E-state index in [2.05, 4.69) is 0 Å². The predicted octanol–water partition coefficient (Wildman–Crippen LogP) is 0.810. The normalized spacial score (nSPS) is 13.9. The summed E-state index contributed by atoms with van der Waals surface area (Å²) in [5, 5.41) is 0. The first-order chi connectivity index (χ1) is 6.32. The Morgan fingerprint density at radius 3 is 2.36 bits per heavy atom. The Labute approximate surface area is 83.0 Å². The van der Waals surface area contributed by atoms with Gasteiger partial charge in [-0.3, -0.25) is 0 Å². The van der Waals surface area contributed by atoms with Crippen LogP contribution >= 0.6 is 0 Å². The molecule has 0 bridgehead atoms. The van der Waals surface area contributed by atoms with Gasteiger partial charge in [0.2, 0.25) is 0 Å². The molecule has 0 fully saturated rings. The van der Waals surface area contributed by atoms with Crippen molar-refractivity contribution in [2.45, 2.75) is 9.79 Å². The molecule has 7 heteroatoms. The van der Waals surface area contributed by atoms with Crippen LogP contribution in [0.4, 0.5) is 4.39 Å². The van der Waals surface area contributed by atoms with Crippen LogP contribution in [-0.4, -0.2) is 23.4 Å². The van der Waals surface area contributed by atoms with Crippen LogP contribution < -0.4 is 0 Å². The van der Waals surface area contributed by atoms with Crippen molar-refractivity contribution >= 4 is 20.9 Å². The van der Waals surface area contributed by atoms with E-state index in [9.17, 15) is 17.0 Å². The summed E-state index contributed by atoms with van der Waals surface area (Å²) >= 11 is -2.45. The van der Waals surface area contributed by atoms with Gasteiger partial charge in [-0.25, -0.2) is 17.0 Å². The van der Waals surface area contributed by atoms with Crippen molar-refractivity contribution in [3.63, 3.8) is 0 Å². The summed E-state index contributed by atoms with van der Waals surface area (Å²) in [4.78, 5) is -0.651. The van der Waals surface area contributed by atoms with Gasteiger partial charge in [0.1, 0.15) is 10.7 Å². The summed E-state index contributed by atoms with van der Waals surface area (Å²) in [6.07, 6.45) is 0.928. The smallest absolute Gasteiger partial charge is 0.189 e. The van der Waals surface area contributed by atoms with Gasteiger partial charge in [0.05, 0.1) is 4.90 Å². The molecule has 0 aromatic heterocycles. The Hall–Kier alpha value is -0.790. The van der Waals surface area contributed by atoms with E-state index in [1.54, 1.807) is 0 Å². The van der Waals surface area contributed by atoms with Crippen molar-refractivity contribution in [2.75, 3.05) is 6.26 Å². The highest BCUT2D eigenvalue weighted by molar-refractivity contribution is 7.90. The molecule has 14 heavy (non-hydrogen) atoms. The molecule has 1 rings (SSSR count). The average molecular weight is 238 g/mol. The van der Waals surface area contributed by atoms with Gasteiger partial charge in [-0.1, -0.05) is 0 Å². The van der Waals surface area contributed by atoms with E-state index < -0.39 is 31.6 Å². The molecule has 1 atom stereocenters. The fourth-order valence-corrected chi connectivity index (χ4v) is 1.90. The van der Waals surface area contributed by atoms with Crippen LogP contribution in [0.5, 0.6) is 0 Å². The largest absolute Gasteiger partial charge is 0.302 e. The molecule has 0 amide bonds. The van der Waals surface area contributed by atoms with Gasteiger partial charge >= 0.3 is 0 Å². The molecule has 1 N–H and O–H groups in total. The predicted molar refractivity (Wildman–Crippen MR) is 48.5 cm³/mol. The zero-order chi connectivity index (χ0) is 10.9. The fourth-order valence-electron chi connectivity index (χ4n) is 0.854. The van der Waals surface area contributed by atoms with Crippen molar-refractivity contribution in [3.05, 3.63) is 24.0 Å². The lowest BCUT2D eigenvalue weighted by atomic mass is 10.3. The third-order valence-electron chi connectivity index (χ3n) is 1.52. The zero-order valence-electron chi connectivity index (χ0n) is 7.10. The van der Waals surface area contributed by atoms with Crippen LogP contribution in [0, 0.1) is 5.82 Å². The average Bonchev–Trinajstić information content (AvgIpc) is 2.01. The van der Waals surface area contributed by atoms with Gasteiger partial charge in [0.15, 0.2) is 20.9 Å². The molecule has 1 aromatic carbocycles. The maximum absolute atomic E-state index is 13.0. The third kappa shape index (κ3) is 2.37. The number of sulfone groups is 1. The summed E-state index contributed by atoms with van der Waals surface area (Å²) in [6, 6.07) is 2.78. The number of halogens is 1. The molecule has 0 heterocycles.